The van der Waals surface area contributed by atoms with Crippen LogP contribution in [0.2, 0.25) is 0 Å². The molecule has 120 valence electrons. The largest absolute Gasteiger partial charge is 0.338 e. The van der Waals surface area contributed by atoms with Gasteiger partial charge in [-0.1, -0.05) is 30.3 Å². The molecule has 22 heavy (non-hydrogen) atoms. The number of likely N-dealkylation sites (tertiary alicyclic amines) is 1. The molecule has 1 heterocycles. The molecule has 0 aromatic heterocycles. The molecule has 0 bridgehead atoms. The van der Waals surface area contributed by atoms with Crippen LogP contribution in [0.4, 0.5) is 4.79 Å². The van der Waals surface area contributed by atoms with Gasteiger partial charge in [-0.05, 0) is 44.2 Å². The number of nitrogens with one attached hydrogen (secondary N) is 2. The number of hydrogen-bond donors (Lipinski definition) is 2. The lowest BCUT2D eigenvalue weighted by atomic mass is 9.97. The van der Waals surface area contributed by atoms with Crippen LogP contribution in [0.15, 0.2) is 30.3 Å². The Morgan fingerprint density at radius 1 is 1.23 bits per heavy atom. The number of nitrogens with zero attached hydrogens (tertiary/aromatic N) is 1. The molecule has 1 aromatic carbocycles. The summed E-state index contributed by atoms with van der Waals surface area (Å²) in [6, 6.07) is 11.6. The number of benzene rings is 1. The lowest BCUT2D eigenvalue weighted by molar-refractivity contribution is 0.170. The summed E-state index contributed by atoms with van der Waals surface area (Å²) >= 11 is 0. The van der Waals surface area contributed by atoms with Crippen molar-refractivity contribution in [1.82, 2.24) is 15.5 Å². The fraction of sp³-hybridized carbons (Fsp3) is 0.611. The first-order valence-corrected chi connectivity index (χ1v) is 8.59. The van der Waals surface area contributed by atoms with Crippen molar-refractivity contribution < 1.29 is 4.79 Å². The maximum Gasteiger partial charge on any atom is 0.317 e. The van der Waals surface area contributed by atoms with E-state index in [9.17, 15) is 4.79 Å². The summed E-state index contributed by atoms with van der Waals surface area (Å²) < 4.78 is 0. The average Bonchev–Trinajstić information content (AvgIpc) is 3.34. The Morgan fingerprint density at radius 2 is 1.95 bits per heavy atom. The SMILES string of the molecule is CCNC(=O)N1CCC(CN[C@@H]2C[C@H]2c2ccccc2)CC1. The summed E-state index contributed by atoms with van der Waals surface area (Å²) in [5.41, 5.74) is 1.46. The summed E-state index contributed by atoms with van der Waals surface area (Å²) in [6.45, 7) is 5.56. The van der Waals surface area contributed by atoms with E-state index in [1.54, 1.807) is 0 Å². The molecule has 1 aliphatic heterocycles. The molecular formula is C18H27N3O. The molecule has 0 spiro atoms. The smallest absolute Gasteiger partial charge is 0.317 e. The summed E-state index contributed by atoms with van der Waals surface area (Å²) in [5.74, 6) is 1.42. The average molecular weight is 301 g/mol. The van der Waals surface area contributed by atoms with Gasteiger partial charge >= 0.3 is 6.03 Å². The van der Waals surface area contributed by atoms with Gasteiger partial charge in [0.05, 0.1) is 0 Å². The van der Waals surface area contributed by atoms with Crippen molar-refractivity contribution in [3.63, 3.8) is 0 Å². The van der Waals surface area contributed by atoms with Crippen LogP contribution in [-0.4, -0.2) is 43.2 Å². The van der Waals surface area contributed by atoms with Crippen molar-refractivity contribution in [2.24, 2.45) is 5.92 Å². The Hall–Kier alpha value is -1.55. The van der Waals surface area contributed by atoms with Crippen molar-refractivity contribution in [3.8, 4) is 0 Å². The molecule has 2 fully saturated rings. The van der Waals surface area contributed by atoms with E-state index in [1.165, 1.54) is 12.0 Å². The molecule has 0 unspecified atom stereocenters. The molecule has 2 atom stereocenters. The second-order valence-corrected chi connectivity index (χ2v) is 6.53. The number of carbonyl (C=O) groups is 1. The van der Waals surface area contributed by atoms with Gasteiger partial charge in [0.2, 0.25) is 0 Å². The van der Waals surface area contributed by atoms with Crippen LogP contribution >= 0.6 is 0 Å². The molecule has 1 aliphatic carbocycles. The third-order valence-corrected chi connectivity index (χ3v) is 4.92. The third-order valence-electron chi connectivity index (χ3n) is 4.92. The molecule has 4 heteroatoms. The standard InChI is InChI=1S/C18H27N3O/c1-2-19-18(22)21-10-8-14(9-11-21)13-20-17-12-16(17)15-6-4-3-5-7-15/h3-7,14,16-17,20H,2,8-13H2,1H3,(H,19,22)/t16-,17+/m0/s1. The van der Waals surface area contributed by atoms with Gasteiger partial charge in [0.1, 0.15) is 0 Å². The topological polar surface area (TPSA) is 44.4 Å². The van der Waals surface area contributed by atoms with E-state index < -0.39 is 0 Å². The zero-order valence-corrected chi connectivity index (χ0v) is 13.4. The van der Waals surface area contributed by atoms with Gasteiger partial charge in [0.25, 0.3) is 0 Å². The van der Waals surface area contributed by atoms with E-state index in [2.05, 4.69) is 41.0 Å². The molecule has 2 amide bonds. The van der Waals surface area contributed by atoms with Crippen molar-refractivity contribution >= 4 is 6.03 Å². The second kappa shape index (κ2) is 7.14. The minimum atomic E-state index is 0.0974. The van der Waals surface area contributed by atoms with Crippen LogP contribution in [0.5, 0.6) is 0 Å². The number of rotatable bonds is 5. The Morgan fingerprint density at radius 3 is 2.64 bits per heavy atom. The van der Waals surface area contributed by atoms with E-state index in [4.69, 9.17) is 0 Å². The summed E-state index contributed by atoms with van der Waals surface area (Å²) in [6.07, 6.45) is 3.50. The van der Waals surface area contributed by atoms with Crippen LogP contribution < -0.4 is 10.6 Å². The molecule has 2 N–H and O–H groups in total. The minimum absolute atomic E-state index is 0.0974. The molecular weight excluding hydrogens is 274 g/mol. The van der Waals surface area contributed by atoms with Gasteiger partial charge in [-0.3, -0.25) is 0 Å². The number of amides is 2. The number of hydrogen-bond acceptors (Lipinski definition) is 2. The summed E-state index contributed by atoms with van der Waals surface area (Å²) in [4.78, 5) is 13.7. The highest BCUT2D eigenvalue weighted by molar-refractivity contribution is 5.74. The highest BCUT2D eigenvalue weighted by atomic mass is 16.2. The number of carbonyl (C=O) groups excluding carboxylic acids is 1. The Bertz CT molecular complexity index is 482. The lowest BCUT2D eigenvalue weighted by Gasteiger charge is -2.32. The summed E-state index contributed by atoms with van der Waals surface area (Å²) in [5, 5.41) is 6.61. The van der Waals surface area contributed by atoms with Crippen LogP contribution in [0.25, 0.3) is 0 Å². The van der Waals surface area contributed by atoms with Crippen LogP contribution in [-0.2, 0) is 0 Å². The second-order valence-electron chi connectivity index (χ2n) is 6.53. The van der Waals surface area contributed by atoms with E-state index in [-0.39, 0.29) is 6.03 Å². The van der Waals surface area contributed by atoms with Crippen LogP contribution in [0.3, 0.4) is 0 Å². The van der Waals surface area contributed by atoms with Gasteiger partial charge in [-0.25, -0.2) is 4.79 Å². The van der Waals surface area contributed by atoms with E-state index in [0.29, 0.717) is 24.4 Å². The first kappa shape index (κ1) is 15.3. The quantitative estimate of drug-likeness (QED) is 0.878. The van der Waals surface area contributed by atoms with E-state index in [0.717, 1.165) is 32.5 Å². The molecule has 3 rings (SSSR count). The highest BCUT2D eigenvalue weighted by Gasteiger charge is 2.38. The fourth-order valence-electron chi connectivity index (χ4n) is 3.41. The third kappa shape index (κ3) is 3.80. The van der Waals surface area contributed by atoms with Crippen LogP contribution in [0.1, 0.15) is 37.7 Å². The molecule has 1 saturated heterocycles. The number of urea groups is 1. The maximum absolute atomic E-state index is 11.8. The Balaban J connectivity index is 1.36. The molecule has 0 radical (unpaired) electrons. The predicted octanol–water partition coefficient (Wildman–Crippen LogP) is 2.57. The van der Waals surface area contributed by atoms with Gasteiger partial charge in [-0.15, -0.1) is 0 Å². The van der Waals surface area contributed by atoms with Gasteiger partial charge < -0.3 is 15.5 Å². The van der Waals surface area contributed by atoms with E-state index >= 15 is 0 Å². The zero-order chi connectivity index (χ0) is 15.4. The normalized spacial score (nSPS) is 25.0. The number of piperidine rings is 1. The van der Waals surface area contributed by atoms with Crippen molar-refractivity contribution in [2.75, 3.05) is 26.2 Å². The van der Waals surface area contributed by atoms with Crippen molar-refractivity contribution in [1.29, 1.82) is 0 Å². The lowest BCUT2D eigenvalue weighted by Crippen LogP contribution is -2.45. The Kier molecular flexibility index (Phi) is 4.98. The van der Waals surface area contributed by atoms with Gasteiger partial charge in [-0.2, -0.15) is 0 Å². The first-order valence-electron chi connectivity index (χ1n) is 8.59. The Labute approximate surface area is 133 Å². The predicted molar refractivity (Wildman–Crippen MR) is 89.0 cm³/mol. The molecule has 4 nitrogen and oxygen atoms in total. The molecule has 1 saturated carbocycles. The molecule has 2 aliphatic rings. The van der Waals surface area contributed by atoms with Crippen molar-refractivity contribution in [3.05, 3.63) is 35.9 Å². The van der Waals surface area contributed by atoms with Crippen LogP contribution in [0, 0.1) is 5.92 Å². The minimum Gasteiger partial charge on any atom is -0.338 e. The van der Waals surface area contributed by atoms with E-state index in [1.807, 2.05) is 11.8 Å². The van der Waals surface area contributed by atoms with Gasteiger partial charge in [0.15, 0.2) is 0 Å². The highest BCUT2D eigenvalue weighted by Crippen LogP contribution is 2.40. The fourth-order valence-corrected chi connectivity index (χ4v) is 3.41. The summed E-state index contributed by atoms with van der Waals surface area (Å²) in [7, 11) is 0. The first-order chi connectivity index (χ1) is 10.8. The maximum atomic E-state index is 11.8. The zero-order valence-electron chi connectivity index (χ0n) is 13.4. The van der Waals surface area contributed by atoms with Gasteiger partial charge in [0, 0.05) is 31.6 Å². The van der Waals surface area contributed by atoms with Crippen molar-refractivity contribution in [2.45, 2.75) is 38.1 Å². The monoisotopic (exact) mass is 301 g/mol. The molecule has 1 aromatic rings.